The first-order chi connectivity index (χ1) is 11.8. The van der Waals surface area contributed by atoms with Gasteiger partial charge < -0.3 is 10.2 Å². The highest BCUT2D eigenvalue weighted by Gasteiger charge is 2.35. The Morgan fingerprint density at radius 3 is 2.64 bits per heavy atom. The van der Waals surface area contributed by atoms with E-state index in [9.17, 15) is 19.7 Å². The Labute approximate surface area is 147 Å². The third kappa shape index (κ3) is 3.66. The van der Waals surface area contributed by atoms with Gasteiger partial charge in [-0.05, 0) is 48.4 Å². The molecule has 3 rings (SSSR count). The predicted molar refractivity (Wildman–Crippen MR) is 93.8 cm³/mol. The molecular weight excluding hydrogens is 344 g/mol. The summed E-state index contributed by atoms with van der Waals surface area (Å²) in [5, 5.41) is 13.2. The first-order valence-electron chi connectivity index (χ1n) is 7.63. The molecule has 1 aromatic carbocycles. The van der Waals surface area contributed by atoms with Gasteiger partial charge in [0.1, 0.15) is 6.20 Å². The van der Waals surface area contributed by atoms with Crippen LogP contribution < -0.4 is 10.2 Å². The minimum atomic E-state index is -0.561. The maximum atomic E-state index is 12.4. The molecule has 1 aliphatic rings. The van der Waals surface area contributed by atoms with Crippen LogP contribution in [0.5, 0.6) is 0 Å². The summed E-state index contributed by atoms with van der Waals surface area (Å²) in [5.74, 6) is -0.990. The van der Waals surface area contributed by atoms with Gasteiger partial charge in [-0.3, -0.25) is 19.7 Å². The monoisotopic (exact) mass is 360 g/mol. The van der Waals surface area contributed by atoms with Gasteiger partial charge in [0, 0.05) is 18.7 Å². The molecule has 1 aromatic heterocycles. The largest absolute Gasteiger partial charge is 0.345 e. The number of hydrogen-bond acceptors (Lipinski definition) is 6. The lowest BCUT2D eigenvalue weighted by atomic mass is 10.1. The van der Waals surface area contributed by atoms with Crippen molar-refractivity contribution in [1.29, 1.82) is 0 Å². The van der Waals surface area contributed by atoms with Crippen LogP contribution in [-0.4, -0.2) is 28.3 Å². The van der Waals surface area contributed by atoms with Crippen LogP contribution >= 0.6 is 11.3 Å². The predicted octanol–water partition coefficient (Wildman–Crippen LogP) is 2.66. The Kier molecular flexibility index (Phi) is 4.49. The molecule has 0 radical (unpaired) electrons. The van der Waals surface area contributed by atoms with Gasteiger partial charge in [0.05, 0.1) is 10.8 Å². The molecule has 2 heterocycles. The van der Waals surface area contributed by atoms with Crippen molar-refractivity contribution in [3.63, 3.8) is 0 Å². The molecule has 1 N–H and O–H groups in total. The van der Waals surface area contributed by atoms with Gasteiger partial charge in [0.25, 0.3) is 0 Å². The van der Waals surface area contributed by atoms with Crippen LogP contribution in [0.2, 0.25) is 0 Å². The third-order valence-electron chi connectivity index (χ3n) is 3.92. The van der Waals surface area contributed by atoms with Crippen LogP contribution in [0, 0.1) is 29.9 Å². The Hall–Kier alpha value is -2.81. The summed E-state index contributed by atoms with van der Waals surface area (Å²) in [6.45, 7) is 4.19. The third-order valence-corrected chi connectivity index (χ3v) is 4.78. The number of hydrogen-bond donors (Lipinski definition) is 1. The number of rotatable bonds is 4. The van der Waals surface area contributed by atoms with Gasteiger partial charge in [0.2, 0.25) is 11.8 Å². The number of nitro groups is 1. The summed E-state index contributed by atoms with van der Waals surface area (Å²) in [6.07, 6.45) is 1.20. The van der Waals surface area contributed by atoms with E-state index in [1.54, 1.807) is 4.90 Å². The molecule has 1 aliphatic heterocycles. The lowest BCUT2D eigenvalue weighted by Gasteiger charge is -2.18. The minimum absolute atomic E-state index is 0.103. The quantitative estimate of drug-likeness (QED) is 0.666. The van der Waals surface area contributed by atoms with Gasteiger partial charge in [-0.25, -0.2) is 4.98 Å². The molecule has 130 valence electrons. The normalized spacial score (nSPS) is 17.0. The fraction of sp³-hybridized carbons (Fsp3) is 0.312. The van der Waals surface area contributed by atoms with Crippen molar-refractivity contribution < 1.29 is 14.5 Å². The maximum Gasteiger partial charge on any atom is 0.345 e. The van der Waals surface area contributed by atoms with Crippen LogP contribution in [0.25, 0.3) is 0 Å². The fourth-order valence-corrected chi connectivity index (χ4v) is 3.49. The van der Waals surface area contributed by atoms with E-state index in [2.05, 4.69) is 10.3 Å². The Morgan fingerprint density at radius 2 is 2.04 bits per heavy atom. The maximum absolute atomic E-state index is 12.4. The molecule has 0 saturated carbocycles. The van der Waals surface area contributed by atoms with Gasteiger partial charge in [-0.15, -0.1) is 0 Å². The zero-order chi connectivity index (χ0) is 18.1. The number of benzene rings is 1. The first-order valence-corrected chi connectivity index (χ1v) is 8.45. The average Bonchev–Trinajstić information content (AvgIpc) is 3.13. The molecule has 1 saturated heterocycles. The van der Waals surface area contributed by atoms with Crippen molar-refractivity contribution in [1.82, 2.24) is 4.98 Å². The summed E-state index contributed by atoms with van der Waals surface area (Å²) >= 11 is 0.789. The standard InChI is InChI=1S/C16H16N4O4S/c1-9-3-10(2)5-12(4-9)19-8-11(6-13(19)21)15(22)18-16-17-7-14(25-16)20(23)24/h3-5,7,11H,6,8H2,1-2H3,(H,17,18,22). The highest BCUT2D eigenvalue weighted by Crippen LogP contribution is 2.29. The van der Waals surface area contributed by atoms with E-state index in [0.717, 1.165) is 34.3 Å². The molecule has 2 aromatic rings. The molecule has 1 fully saturated rings. The lowest BCUT2D eigenvalue weighted by Crippen LogP contribution is -2.28. The van der Waals surface area contributed by atoms with E-state index >= 15 is 0 Å². The molecule has 1 unspecified atom stereocenters. The minimum Gasteiger partial charge on any atom is -0.312 e. The molecule has 1 atom stereocenters. The molecular formula is C16H16N4O4S. The Balaban J connectivity index is 1.70. The van der Waals surface area contributed by atoms with Gasteiger partial charge in [-0.1, -0.05) is 6.07 Å². The number of thiazole rings is 1. The Bertz CT molecular complexity index is 843. The van der Waals surface area contributed by atoms with Crippen LogP contribution in [0.3, 0.4) is 0 Å². The molecule has 0 aliphatic carbocycles. The van der Waals surface area contributed by atoms with E-state index < -0.39 is 10.8 Å². The van der Waals surface area contributed by atoms with Crippen molar-refractivity contribution in [3.8, 4) is 0 Å². The van der Waals surface area contributed by atoms with Gasteiger partial charge in [-0.2, -0.15) is 0 Å². The molecule has 25 heavy (non-hydrogen) atoms. The molecule has 2 amide bonds. The van der Waals surface area contributed by atoms with E-state index in [1.807, 2.05) is 32.0 Å². The summed E-state index contributed by atoms with van der Waals surface area (Å²) in [4.78, 5) is 40.2. The number of nitrogens with zero attached hydrogens (tertiary/aromatic N) is 3. The van der Waals surface area contributed by atoms with Crippen molar-refractivity contribution >= 4 is 39.0 Å². The molecule has 0 spiro atoms. The van der Waals surface area contributed by atoms with Crippen LogP contribution in [0.1, 0.15) is 17.5 Å². The van der Waals surface area contributed by atoms with Crippen molar-refractivity contribution in [2.24, 2.45) is 5.92 Å². The molecule has 8 nitrogen and oxygen atoms in total. The Morgan fingerprint density at radius 1 is 1.36 bits per heavy atom. The summed E-state index contributed by atoms with van der Waals surface area (Å²) < 4.78 is 0. The number of carbonyl (C=O) groups is 2. The number of carbonyl (C=O) groups excluding carboxylic acids is 2. The van der Waals surface area contributed by atoms with Crippen molar-refractivity contribution in [2.45, 2.75) is 20.3 Å². The number of amides is 2. The average molecular weight is 360 g/mol. The fourth-order valence-electron chi connectivity index (χ4n) is 2.85. The topological polar surface area (TPSA) is 105 Å². The van der Waals surface area contributed by atoms with E-state index in [0.29, 0.717) is 0 Å². The lowest BCUT2D eigenvalue weighted by molar-refractivity contribution is -0.380. The highest BCUT2D eigenvalue weighted by molar-refractivity contribution is 7.18. The smallest absolute Gasteiger partial charge is 0.312 e. The van der Waals surface area contributed by atoms with Gasteiger partial charge >= 0.3 is 5.00 Å². The zero-order valence-corrected chi connectivity index (χ0v) is 14.5. The second-order valence-electron chi connectivity index (χ2n) is 6.00. The number of anilines is 2. The number of aromatic nitrogens is 1. The molecule has 0 bridgehead atoms. The van der Waals surface area contributed by atoms with Crippen molar-refractivity contribution in [3.05, 3.63) is 45.6 Å². The summed E-state index contributed by atoms with van der Waals surface area (Å²) in [7, 11) is 0. The van der Waals surface area contributed by atoms with E-state index in [1.165, 1.54) is 0 Å². The highest BCUT2D eigenvalue weighted by atomic mass is 32.1. The number of aryl methyl sites for hydroxylation is 2. The summed E-state index contributed by atoms with van der Waals surface area (Å²) in [5.41, 5.74) is 2.87. The van der Waals surface area contributed by atoms with E-state index in [-0.39, 0.29) is 34.9 Å². The number of nitrogens with one attached hydrogen (secondary N) is 1. The van der Waals surface area contributed by atoms with Crippen LogP contribution in [-0.2, 0) is 9.59 Å². The SMILES string of the molecule is Cc1cc(C)cc(N2CC(C(=O)Nc3ncc([N+](=O)[O-])s3)CC2=O)c1. The molecule has 9 heteroatoms. The first kappa shape index (κ1) is 17.0. The van der Waals surface area contributed by atoms with Gasteiger partial charge in [0.15, 0.2) is 5.13 Å². The van der Waals surface area contributed by atoms with Crippen LogP contribution in [0.15, 0.2) is 24.4 Å². The second-order valence-corrected chi connectivity index (χ2v) is 7.01. The van der Waals surface area contributed by atoms with Crippen LogP contribution in [0.4, 0.5) is 15.8 Å². The zero-order valence-electron chi connectivity index (χ0n) is 13.7. The summed E-state index contributed by atoms with van der Waals surface area (Å²) in [6, 6.07) is 5.84. The van der Waals surface area contributed by atoms with E-state index in [4.69, 9.17) is 0 Å². The van der Waals surface area contributed by atoms with Crippen molar-refractivity contribution in [2.75, 3.05) is 16.8 Å². The second kappa shape index (κ2) is 6.60.